The predicted octanol–water partition coefficient (Wildman–Crippen LogP) is 2.51. The third kappa shape index (κ3) is 2.13. The molecular formula is C14H19ClN2O. The van der Waals surface area contributed by atoms with Gasteiger partial charge in [-0.25, -0.2) is 0 Å². The lowest BCUT2D eigenvalue weighted by Gasteiger charge is -2.08. The van der Waals surface area contributed by atoms with E-state index >= 15 is 0 Å². The van der Waals surface area contributed by atoms with Gasteiger partial charge in [0.15, 0.2) is 0 Å². The molecule has 18 heavy (non-hydrogen) atoms. The molecule has 0 aliphatic heterocycles. The summed E-state index contributed by atoms with van der Waals surface area (Å²) in [4.78, 5) is 0. The molecule has 0 bridgehead atoms. The Bertz CT molecular complexity index is 452. The van der Waals surface area contributed by atoms with Gasteiger partial charge in [-0.15, -0.1) is 12.4 Å². The molecule has 2 aliphatic carbocycles. The van der Waals surface area contributed by atoms with Crippen molar-refractivity contribution < 1.29 is 5.21 Å². The van der Waals surface area contributed by atoms with Crippen LogP contribution in [0.1, 0.15) is 29.2 Å². The third-order valence-electron chi connectivity index (χ3n) is 4.12. The van der Waals surface area contributed by atoms with Gasteiger partial charge in [-0.1, -0.05) is 19.1 Å². The molecular weight excluding hydrogens is 248 g/mol. The zero-order chi connectivity index (χ0) is 12.0. The summed E-state index contributed by atoms with van der Waals surface area (Å²) >= 11 is 0. The Morgan fingerprint density at radius 3 is 2.00 bits per heavy atom. The van der Waals surface area contributed by atoms with Gasteiger partial charge in [-0.05, 0) is 53.9 Å². The van der Waals surface area contributed by atoms with Crippen molar-refractivity contribution in [2.75, 3.05) is 0 Å². The standard InChI is InChI=1S/C14H18N2O.ClH/c1-8-2-9-4-11-6-13(14(15)16-17)7-12(11)5-10(9)3-8;/h4-5,8,13,17H,2-3,6-7H2,1H3,(H2,15,16);1H. The summed E-state index contributed by atoms with van der Waals surface area (Å²) in [6.07, 6.45) is 4.18. The van der Waals surface area contributed by atoms with Crippen molar-refractivity contribution >= 4 is 18.2 Å². The summed E-state index contributed by atoms with van der Waals surface area (Å²) in [5.74, 6) is 1.16. The highest BCUT2D eigenvalue weighted by Gasteiger charge is 2.28. The minimum Gasteiger partial charge on any atom is -0.290 e. The molecule has 0 fully saturated rings. The van der Waals surface area contributed by atoms with Gasteiger partial charge in [0, 0.05) is 5.92 Å². The van der Waals surface area contributed by atoms with E-state index in [-0.39, 0.29) is 24.2 Å². The maximum Gasteiger partial charge on any atom is 0.121 e. The second-order valence-corrected chi connectivity index (χ2v) is 5.53. The lowest BCUT2D eigenvalue weighted by atomic mass is 10.0. The maximum absolute atomic E-state index is 8.80. The molecule has 0 atom stereocenters. The van der Waals surface area contributed by atoms with Gasteiger partial charge in [0.2, 0.25) is 0 Å². The van der Waals surface area contributed by atoms with Crippen LogP contribution in [0.4, 0.5) is 0 Å². The lowest BCUT2D eigenvalue weighted by Crippen LogP contribution is -2.27. The Balaban J connectivity index is 0.00000120. The Kier molecular flexibility index (Phi) is 3.64. The monoisotopic (exact) mass is 266 g/mol. The summed E-state index contributed by atoms with van der Waals surface area (Å²) in [5.41, 5.74) is 7.75. The number of rotatable bonds is 1. The number of halogens is 1. The smallest absolute Gasteiger partial charge is 0.121 e. The van der Waals surface area contributed by atoms with Crippen molar-refractivity contribution in [3.8, 4) is 0 Å². The molecule has 1 aromatic carbocycles. The molecule has 3 rings (SSSR count). The molecule has 2 aliphatic rings. The molecule has 0 spiro atoms. The van der Waals surface area contributed by atoms with Crippen LogP contribution < -0.4 is 5.48 Å². The van der Waals surface area contributed by atoms with Gasteiger partial charge < -0.3 is 0 Å². The lowest BCUT2D eigenvalue weighted by molar-refractivity contribution is 0.226. The van der Waals surface area contributed by atoms with E-state index < -0.39 is 0 Å². The summed E-state index contributed by atoms with van der Waals surface area (Å²) in [6.45, 7) is 2.30. The maximum atomic E-state index is 8.80. The van der Waals surface area contributed by atoms with E-state index in [9.17, 15) is 0 Å². The average Bonchev–Trinajstić information content (AvgIpc) is 2.85. The van der Waals surface area contributed by atoms with E-state index in [1.807, 2.05) is 5.48 Å². The highest BCUT2D eigenvalue weighted by molar-refractivity contribution is 5.85. The average molecular weight is 267 g/mol. The van der Waals surface area contributed by atoms with Gasteiger partial charge in [0.1, 0.15) is 5.84 Å². The first kappa shape index (κ1) is 13.4. The molecule has 0 unspecified atom stereocenters. The number of benzene rings is 1. The SMILES string of the molecule is CC1Cc2cc3c(cc2C1)CC(C(=N)NO)C3.Cl. The van der Waals surface area contributed by atoms with Gasteiger partial charge in [-0.2, -0.15) is 0 Å². The van der Waals surface area contributed by atoms with Crippen LogP contribution in [0.25, 0.3) is 0 Å². The van der Waals surface area contributed by atoms with Crippen LogP contribution in [0.2, 0.25) is 0 Å². The highest BCUT2D eigenvalue weighted by atomic mass is 35.5. The normalized spacial score (nSPS) is 18.1. The number of hydrogen-bond acceptors (Lipinski definition) is 2. The molecule has 4 heteroatoms. The van der Waals surface area contributed by atoms with Gasteiger partial charge >= 0.3 is 0 Å². The largest absolute Gasteiger partial charge is 0.290 e. The Morgan fingerprint density at radius 1 is 1.11 bits per heavy atom. The molecule has 0 saturated carbocycles. The summed E-state index contributed by atoms with van der Waals surface area (Å²) in [7, 11) is 0. The Hall–Kier alpha value is -1.06. The fourth-order valence-electron chi connectivity index (χ4n) is 3.27. The first-order chi connectivity index (χ1) is 8.17. The van der Waals surface area contributed by atoms with Gasteiger partial charge in [0.05, 0.1) is 0 Å². The summed E-state index contributed by atoms with van der Waals surface area (Å²) in [5, 5.41) is 16.4. The molecule has 0 aromatic heterocycles. The van der Waals surface area contributed by atoms with Crippen molar-refractivity contribution in [2.45, 2.75) is 32.6 Å². The molecule has 0 amide bonds. The van der Waals surface area contributed by atoms with Crippen LogP contribution in [0, 0.1) is 17.2 Å². The van der Waals surface area contributed by atoms with E-state index in [1.54, 1.807) is 0 Å². The minimum atomic E-state index is 0. The number of nitrogens with one attached hydrogen (secondary N) is 2. The third-order valence-corrected chi connectivity index (χ3v) is 4.12. The zero-order valence-electron chi connectivity index (χ0n) is 10.5. The minimum absolute atomic E-state index is 0. The zero-order valence-corrected chi connectivity index (χ0v) is 11.3. The fourth-order valence-corrected chi connectivity index (χ4v) is 3.27. The van der Waals surface area contributed by atoms with Crippen molar-refractivity contribution in [3.05, 3.63) is 34.4 Å². The van der Waals surface area contributed by atoms with E-state index in [2.05, 4.69) is 19.1 Å². The van der Waals surface area contributed by atoms with E-state index in [0.717, 1.165) is 18.8 Å². The fraction of sp³-hybridized carbons (Fsp3) is 0.500. The molecule has 0 saturated heterocycles. The van der Waals surface area contributed by atoms with Crippen molar-refractivity contribution in [1.82, 2.24) is 5.48 Å². The molecule has 0 radical (unpaired) electrons. The van der Waals surface area contributed by atoms with Crippen LogP contribution >= 0.6 is 12.4 Å². The van der Waals surface area contributed by atoms with E-state index in [1.165, 1.54) is 35.1 Å². The number of fused-ring (bicyclic) bond motifs is 2. The summed E-state index contributed by atoms with van der Waals surface area (Å²) < 4.78 is 0. The quantitative estimate of drug-likeness (QED) is 0.416. The topological polar surface area (TPSA) is 56.1 Å². The van der Waals surface area contributed by atoms with Crippen molar-refractivity contribution in [3.63, 3.8) is 0 Å². The molecule has 0 heterocycles. The molecule has 3 N–H and O–H groups in total. The number of hydroxylamine groups is 1. The molecule has 98 valence electrons. The van der Waals surface area contributed by atoms with E-state index in [0.29, 0.717) is 0 Å². The molecule has 1 aromatic rings. The first-order valence-electron chi connectivity index (χ1n) is 6.29. The summed E-state index contributed by atoms with van der Waals surface area (Å²) in [6, 6.07) is 4.66. The van der Waals surface area contributed by atoms with Crippen LogP contribution in [0.15, 0.2) is 12.1 Å². The van der Waals surface area contributed by atoms with Gasteiger partial charge in [0.25, 0.3) is 0 Å². The van der Waals surface area contributed by atoms with Crippen molar-refractivity contribution in [1.29, 1.82) is 5.41 Å². The van der Waals surface area contributed by atoms with Crippen LogP contribution in [-0.2, 0) is 25.7 Å². The van der Waals surface area contributed by atoms with E-state index in [4.69, 9.17) is 10.6 Å². The second-order valence-electron chi connectivity index (χ2n) is 5.53. The van der Waals surface area contributed by atoms with Gasteiger partial charge in [-0.3, -0.25) is 16.1 Å². The first-order valence-corrected chi connectivity index (χ1v) is 6.29. The second kappa shape index (κ2) is 4.90. The Labute approximate surface area is 113 Å². The van der Waals surface area contributed by atoms with Crippen LogP contribution in [-0.4, -0.2) is 11.0 Å². The van der Waals surface area contributed by atoms with Crippen LogP contribution in [0.3, 0.4) is 0 Å². The van der Waals surface area contributed by atoms with Crippen LogP contribution in [0.5, 0.6) is 0 Å². The number of hydrogen-bond donors (Lipinski definition) is 3. The predicted molar refractivity (Wildman–Crippen MR) is 73.8 cm³/mol. The number of amidine groups is 1. The highest BCUT2D eigenvalue weighted by Crippen LogP contribution is 2.34. The molecule has 3 nitrogen and oxygen atoms in total. The Morgan fingerprint density at radius 2 is 1.56 bits per heavy atom. The van der Waals surface area contributed by atoms with Crippen molar-refractivity contribution in [2.24, 2.45) is 11.8 Å².